The molecule has 2 saturated heterocycles. The molecule has 2 heterocycles. The van der Waals surface area contributed by atoms with E-state index in [1.165, 1.54) is 39.8 Å². The Bertz CT molecular complexity index is 1970. The van der Waals surface area contributed by atoms with Crippen molar-refractivity contribution in [3.63, 3.8) is 0 Å². The third-order valence-electron chi connectivity index (χ3n) is 12.8. The molecule has 1 spiro atoms. The summed E-state index contributed by atoms with van der Waals surface area (Å²) in [7, 11) is 0. The van der Waals surface area contributed by atoms with E-state index in [1.807, 2.05) is 20.8 Å². The number of carbonyl (C=O) groups excluding carboxylic acids is 6. The van der Waals surface area contributed by atoms with E-state index in [4.69, 9.17) is 33.2 Å². The van der Waals surface area contributed by atoms with E-state index >= 15 is 4.79 Å². The number of hydrogen-bond acceptors (Lipinski definition) is 16. The molecule has 1 amide bonds. The number of Topliss-reactive ketones (excluding diaryl/α,β-unsaturated/α-hetero) is 1. The second-order valence-electron chi connectivity index (χ2n) is 19.5. The summed E-state index contributed by atoms with van der Waals surface area (Å²) in [6.07, 6.45) is -14.5. The number of alkyl carbamates (subject to hydrolysis) is 1. The average molecular weight is 844 g/mol. The number of aliphatic hydroxyl groups is 3. The Morgan fingerprint density at radius 3 is 2.17 bits per heavy atom. The SMILES string of the molecule is CC(=O)O[C@@]12CO[C@@H]1C[C@H](O)[C@@]1(C)C(=O)[C@H](O)C3=C(C)[C@@H](OC(=O)[C@H](O)[C@H](CC(C)(C)C)NC(=O)OC(C)(C)C)[C@@H]4OC(=O)O[C@]4([C@@H](OC(=O)c4ccccc4)C12)C3(C)C. The molecule has 1 unspecified atom stereocenters. The normalized spacial score (nSPS) is 35.3. The third-order valence-corrected chi connectivity index (χ3v) is 12.8. The predicted octanol–water partition coefficient (Wildman–Crippen LogP) is 3.48. The first-order valence-corrected chi connectivity index (χ1v) is 20.1. The molecular formula is C43H57NO16. The molecule has 0 aromatic heterocycles. The highest BCUT2D eigenvalue weighted by atomic mass is 16.8. The molecule has 4 N–H and O–H groups in total. The molecule has 5 aliphatic rings. The van der Waals surface area contributed by atoms with Crippen LogP contribution in [0.5, 0.6) is 0 Å². The van der Waals surface area contributed by atoms with Crippen molar-refractivity contribution in [3.05, 3.63) is 47.0 Å². The van der Waals surface area contributed by atoms with Crippen molar-refractivity contribution in [2.24, 2.45) is 22.2 Å². The highest BCUT2D eigenvalue weighted by Gasteiger charge is 2.83. The van der Waals surface area contributed by atoms with Crippen LogP contribution < -0.4 is 5.32 Å². The molecule has 60 heavy (non-hydrogen) atoms. The Balaban J connectivity index is 1.56. The molecule has 6 rings (SSSR count). The number of amides is 1. The summed E-state index contributed by atoms with van der Waals surface area (Å²) in [5.74, 6) is -5.61. The van der Waals surface area contributed by atoms with E-state index in [1.54, 1.807) is 39.0 Å². The van der Waals surface area contributed by atoms with Gasteiger partial charge in [-0.15, -0.1) is 0 Å². The first kappa shape index (κ1) is 45.0. The first-order chi connectivity index (χ1) is 27.6. The number of rotatable bonds is 8. The van der Waals surface area contributed by atoms with Crippen LogP contribution in [0.25, 0.3) is 0 Å². The summed E-state index contributed by atoms with van der Waals surface area (Å²) in [6, 6.07) is 6.49. The number of esters is 3. The van der Waals surface area contributed by atoms with E-state index in [0.717, 1.165) is 6.92 Å². The largest absolute Gasteiger partial charge is 0.509 e. The first-order valence-electron chi connectivity index (χ1n) is 20.1. The molecule has 1 aromatic carbocycles. The van der Waals surface area contributed by atoms with Crippen molar-refractivity contribution in [1.29, 1.82) is 0 Å². The summed E-state index contributed by atoms with van der Waals surface area (Å²) >= 11 is 0. The monoisotopic (exact) mass is 843 g/mol. The number of ketones is 1. The molecule has 17 heteroatoms. The van der Waals surface area contributed by atoms with Gasteiger partial charge in [-0.05, 0) is 69.7 Å². The fourth-order valence-electron chi connectivity index (χ4n) is 10.3. The number of benzene rings is 1. The lowest BCUT2D eigenvalue weighted by Crippen LogP contribution is -2.83. The van der Waals surface area contributed by atoms with Gasteiger partial charge in [0.25, 0.3) is 0 Å². The lowest BCUT2D eigenvalue weighted by molar-refractivity contribution is -0.345. The van der Waals surface area contributed by atoms with Crippen LogP contribution >= 0.6 is 0 Å². The van der Waals surface area contributed by atoms with E-state index in [2.05, 4.69) is 5.32 Å². The fourth-order valence-corrected chi connectivity index (χ4v) is 10.3. The van der Waals surface area contributed by atoms with E-state index in [-0.39, 0.29) is 36.2 Å². The van der Waals surface area contributed by atoms with Crippen LogP contribution in [0.15, 0.2) is 41.5 Å². The lowest BCUT2D eigenvalue weighted by Gasteiger charge is -2.67. The second-order valence-corrected chi connectivity index (χ2v) is 19.5. The van der Waals surface area contributed by atoms with Crippen LogP contribution in [-0.4, -0.2) is 123 Å². The standard InChI is InChI=1S/C43H57NO16/c1-20-26-28(48)31(49)41(11)24(46)17-25-42(19-54-25,58-21(2)45)30(41)33(56-34(50)22-15-13-12-14-16-22)43(40(26,9)10)32(57-37(53)60-43)29(20)55-35(51)27(47)23(18-38(3,4)5)44-36(52)59-39(6,7)8/h12-16,23-25,27-30,32-33,46-48H,17-19H2,1-11H3,(H,44,52)/t23-,24-,25+,27+,28+,29+,30?,32-,33-,41+,42-,43+/m0/s1. The summed E-state index contributed by atoms with van der Waals surface area (Å²) < 4.78 is 42.0. The van der Waals surface area contributed by atoms with Crippen molar-refractivity contribution >= 4 is 35.9 Å². The van der Waals surface area contributed by atoms with Gasteiger partial charge in [0.1, 0.15) is 17.8 Å². The van der Waals surface area contributed by atoms with Gasteiger partial charge in [0.2, 0.25) is 5.60 Å². The van der Waals surface area contributed by atoms with Crippen molar-refractivity contribution in [3.8, 4) is 0 Å². The van der Waals surface area contributed by atoms with E-state index in [0.29, 0.717) is 0 Å². The van der Waals surface area contributed by atoms with Gasteiger partial charge in [-0.3, -0.25) is 9.59 Å². The summed E-state index contributed by atoms with van der Waals surface area (Å²) in [5, 5.41) is 38.5. The van der Waals surface area contributed by atoms with Gasteiger partial charge in [-0.2, -0.15) is 0 Å². The number of nitrogens with one attached hydrogen (secondary N) is 1. The molecule has 330 valence electrons. The maximum atomic E-state index is 15.1. The predicted molar refractivity (Wildman–Crippen MR) is 207 cm³/mol. The summed E-state index contributed by atoms with van der Waals surface area (Å²) in [5.41, 5.74) is -9.43. The van der Waals surface area contributed by atoms with Crippen molar-refractivity contribution < 1.29 is 77.2 Å². The molecular weight excluding hydrogens is 786 g/mol. The van der Waals surface area contributed by atoms with Gasteiger partial charge in [-0.25, -0.2) is 19.2 Å². The molecule has 12 atom stereocenters. The number of aliphatic hydroxyl groups excluding tert-OH is 3. The van der Waals surface area contributed by atoms with Crippen molar-refractivity contribution in [1.82, 2.24) is 5.32 Å². The summed E-state index contributed by atoms with van der Waals surface area (Å²) in [6.45, 7) is 17.1. The van der Waals surface area contributed by atoms with Gasteiger partial charge in [-0.1, -0.05) is 52.8 Å². The van der Waals surface area contributed by atoms with Crippen LogP contribution in [0.3, 0.4) is 0 Å². The Morgan fingerprint density at radius 2 is 1.62 bits per heavy atom. The molecule has 2 saturated carbocycles. The highest BCUT2D eigenvalue weighted by molar-refractivity contribution is 5.94. The van der Waals surface area contributed by atoms with Crippen LogP contribution in [0.2, 0.25) is 0 Å². The Hall–Kier alpha value is -4.58. The van der Waals surface area contributed by atoms with Crippen LogP contribution in [0.1, 0.15) is 99.4 Å². The maximum Gasteiger partial charge on any atom is 0.509 e. The van der Waals surface area contributed by atoms with Crippen molar-refractivity contribution in [2.45, 2.75) is 155 Å². The minimum absolute atomic E-state index is 0.0350. The molecule has 1 aromatic rings. The molecule has 2 aliphatic heterocycles. The average Bonchev–Trinajstić information content (AvgIpc) is 3.49. The lowest BCUT2D eigenvalue weighted by atomic mass is 9.44. The zero-order valence-corrected chi connectivity index (χ0v) is 35.9. The topological polar surface area (TPSA) is 240 Å². The van der Waals surface area contributed by atoms with Gasteiger partial charge in [0.15, 0.2) is 35.8 Å². The number of carbonyl (C=O) groups is 6. The Labute approximate surface area is 348 Å². The smallest absolute Gasteiger partial charge is 0.454 e. The molecule has 4 fully saturated rings. The van der Waals surface area contributed by atoms with Crippen LogP contribution in [0.4, 0.5) is 9.59 Å². The van der Waals surface area contributed by atoms with Gasteiger partial charge in [0.05, 0.1) is 35.6 Å². The van der Waals surface area contributed by atoms with Gasteiger partial charge in [0, 0.05) is 18.8 Å². The second kappa shape index (κ2) is 15.1. The van der Waals surface area contributed by atoms with E-state index in [9.17, 15) is 39.3 Å². The van der Waals surface area contributed by atoms with E-state index < -0.39 is 124 Å². The number of hydrogen-bond donors (Lipinski definition) is 4. The Kier molecular flexibility index (Phi) is 11.3. The van der Waals surface area contributed by atoms with Crippen molar-refractivity contribution in [2.75, 3.05) is 6.61 Å². The minimum atomic E-state index is -2.32. The molecule has 2 bridgehead atoms. The molecule has 3 aliphatic carbocycles. The van der Waals surface area contributed by atoms with Crippen LogP contribution in [0, 0.1) is 22.2 Å². The Morgan fingerprint density at radius 1 is 0.983 bits per heavy atom. The molecule has 17 nitrogen and oxygen atoms in total. The van der Waals surface area contributed by atoms with Crippen LogP contribution in [-0.2, 0) is 47.5 Å². The fraction of sp³-hybridized carbons (Fsp3) is 0.674. The zero-order valence-electron chi connectivity index (χ0n) is 35.9. The van der Waals surface area contributed by atoms with Gasteiger partial charge < -0.3 is 53.8 Å². The molecule has 0 radical (unpaired) electrons. The van der Waals surface area contributed by atoms with Gasteiger partial charge >= 0.3 is 30.2 Å². The number of fused-ring (bicyclic) bond motifs is 4. The maximum absolute atomic E-state index is 15.1. The highest BCUT2D eigenvalue weighted by Crippen LogP contribution is 2.66. The summed E-state index contributed by atoms with van der Waals surface area (Å²) in [4.78, 5) is 83.4. The third kappa shape index (κ3) is 7.24. The quantitative estimate of drug-likeness (QED) is 0.166. The number of ether oxygens (including phenoxy) is 7. The zero-order chi connectivity index (χ0) is 44.7. The minimum Gasteiger partial charge on any atom is -0.454 e.